The number of hydrogen-bond acceptors (Lipinski definition) is 2. The number of carbonyl (C=O) groups is 2. The molecule has 6 nitrogen and oxygen atoms in total. The summed E-state index contributed by atoms with van der Waals surface area (Å²) < 4.78 is 336. The van der Waals surface area contributed by atoms with Crippen molar-refractivity contribution >= 4 is 12.2 Å². The van der Waals surface area contributed by atoms with Crippen molar-refractivity contribution in [3.05, 3.63) is 0 Å². The van der Waals surface area contributed by atoms with E-state index in [1.165, 1.54) is 0 Å². The Kier molecular flexibility index (Phi) is 14.4. The summed E-state index contributed by atoms with van der Waals surface area (Å²) in [6.07, 6.45) is -27.9. The minimum absolute atomic E-state index is 0.00188. The van der Waals surface area contributed by atoms with Crippen LogP contribution in [0.3, 0.4) is 0 Å². The maximum Gasteiger partial charge on any atom is 0.405 e. The number of nitrogens with one attached hydrogen (secondary N) is 2. The van der Waals surface area contributed by atoms with Gasteiger partial charge in [-0.2, -0.15) is 87.8 Å². The number of amides is 2. The fraction of sp³-hybridized carbons (Fsp3) is 0.920. The maximum absolute atomic E-state index is 15.3. The van der Waals surface area contributed by atoms with Crippen LogP contribution < -0.4 is 10.6 Å². The lowest BCUT2D eigenvalue weighted by Crippen LogP contribution is -2.73. The van der Waals surface area contributed by atoms with Crippen molar-refractivity contribution in [2.24, 2.45) is 11.3 Å². The highest BCUT2D eigenvalue weighted by atomic mass is 19.4. The van der Waals surface area contributed by atoms with Crippen LogP contribution in [0.1, 0.15) is 46.5 Å². The summed E-state index contributed by atoms with van der Waals surface area (Å²) >= 11 is 0. The van der Waals surface area contributed by atoms with Crippen molar-refractivity contribution in [1.82, 2.24) is 10.6 Å². The Morgan fingerprint density at radius 3 is 1.09 bits per heavy atom. The summed E-state index contributed by atoms with van der Waals surface area (Å²) in [6, 6.07) is 0. The molecule has 0 saturated carbocycles. The third-order valence-corrected chi connectivity index (χ3v) is 8.34. The van der Waals surface area contributed by atoms with Gasteiger partial charge in [0, 0.05) is 19.4 Å². The number of alkyl halides is 24. The molecule has 55 heavy (non-hydrogen) atoms. The molecule has 0 aromatic rings. The highest BCUT2D eigenvalue weighted by Crippen LogP contribution is 2.64. The minimum Gasteiger partial charge on any atom is -0.465 e. The van der Waals surface area contributed by atoms with Crippen LogP contribution in [0.15, 0.2) is 0 Å². The van der Waals surface area contributed by atoms with Crippen LogP contribution >= 0.6 is 0 Å². The third-order valence-electron chi connectivity index (χ3n) is 8.34. The number of hydrogen-bond donors (Lipinski definition) is 4. The molecule has 0 rings (SSSR count). The maximum atomic E-state index is 15.3. The molecule has 30 heteroatoms. The second kappa shape index (κ2) is 15.3. The zero-order valence-electron chi connectivity index (χ0n) is 27.0. The first kappa shape index (κ1) is 51.9. The Morgan fingerprint density at radius 1 is 0.527 bits per heavy atom. The smallest absolute Gasteiger partial charge is 0.405 e. The Morgan fingerprint density at radius 2 is 0.836 bits per heavy atom. The van der Waals surface area contributed by atoms with Gasteiger partial charge in [-0.25, -0.2) is 27.2 Å². The summed E-state index contributed by atoms with van der Waals surface area (Å²) in [5.41, 5.74) is -8.65. The van der Waals surface area contributed by atoms with Crippen LogP contribution in [-0.2, 0) is 0 Å². The van der Waals surface area contributed by atoms with Crippen LogP contribution in [0.25, 0.3) is 0 Å². The van der Waals surface area contributed by atoms with Gasteiger partial charge >= 0.3 is 84.3 Å². The fourth-order valence-electron chi connectivity index (χ4n) is 5.12. The van der Waals surface area contributed by atoms with Crippen molar-refractivity contribution in [2.75, 3.05) is 6.54 Å². The Bertz CT molecular complexity index is 1280. The van der Waals surface area contributed by atoms with Gasteiger partial charge in [0.2, 0.25) is 0 Å². The SMILES string of the molecule is CC(CCNC(=O)O)CC(C)(C)C(CC(F)(F)C(F)(F)C(F)(F)C(F)(F)C(F)(F)C(F)F)(CC(F)(F)C(F)(F)C(F)(F)C(F)(F)C(F)(F)C(F)F)NC(=O)O. The van der Waals surface area contributed by atoms with E-state index in [9.17, 15) is 103 Å². The van der Waals surface area contributed by atoms with Gasteiger partial charge in [-0.15, -0.1) is 0 Å². The van der Waals surface area contributed by atoms with Gasteiger partial charge in [0.1, 0.15) is 0 Å². The van der Waals surface area contributed by atoms with Gasteiger partial charge < -0.3 is 20.8 Å². The molecule has 0 spiro atoms. The molecular formula is C25H26F24N2O4. The predicted molar refractivity (Wildman–Crippen MR) is 133 cm³/mol. The van der Waals surface area contributed by atoms with Crippen molar-refractivity contribution < 1.29 is 125 Å². The van der Waals surface area contributed by atoms with E-state index in [0.29, 0.717) is 5.32 Å². The van der Waals surface area contributed by atoms with E-state index in [-0.39, 0.29) is 13.8 Å². The second-order valence-electron chi connectivity index (χ2n) is 12.8. The van der Waals surface area contributed by atoms with Crippen molar-refractivity contribution in [1.29, 1.82) is 0 Å². The lowest BCUT2D eigenvalue weighted by molar-refractivity contribution is -0.419. The molecular weight excluding hydrogens is 848 g/mol. The largest absolute Gasteiger partial charge is 0.465 e. The van der Waals surface area contributed by atoms with E-state index in [2.05, 4.69) is 0 Å². The first-order valence-electron chi connectivity index (χ1n) is 14.1. The minimum atomic E-state index is -8.51. The Labute approximate surface area is 290 Å². The van der Waals surface area contributed by atoms with E-state index in [4.69, 9.17) is 5.11 Å². The van der Waals surface area contributed by atoms with Gasteiger partial charge in [-0.3, -0.25) is 0 Å². The summed E-state index contributed by atoms with van der Waals surface area (Å²) in [7, 11) is 0. The summed E-state index contributed by atoms with van der Waals surface area (Å²) in [5.74, 6) is -82.5. The van der Waals surface area contributed by atoms with E-state index in [1.807, 2.05) is 0 Å². The average molecular weight is 874 g/mol. The van der Waals surface area contributed by atoms with Gasteiger partial charge in [0.05, 0.1) is 5.54 Å². The van der Waals surface area contributed by atoms with E-state index >= 15 is 17.6 Å². The number of rotatable bonds is 21. The molecule has 0 saturated heterocycles. The molecule has 1 atom stereocenters. The van der Waals surface area contributed by atoms with E-state index in [1.54, 1.807) is 5.32 Å². The zero-order valence-corrected chi connectivity index (χ0v) is 27.0. The van der Waals surface area contributed by atoms with Crippen molar-refractivity contribution in [2.45, 2.75) is 124 Å². The molecule has 0 aliphatic carbocycles. The number of carboxylic acid groups (broad SMARTS) is 2. The molecule has 2 amide bonds. The molecule has 0 aromatic carbocycles. The average Bonchev–Trinajstić information content (AvgIpc) is 2.94. The van der Waals surface area contributed by atoms with Gasteiger partial charge in [0.25, 0.3) is 0 Å². The quantitative estimate of drug-likeness (QED) is 0.0864. The lowest BCUT2D eigenvalue weighted by atomic mass is 9.61. The highest BCUT2D eigenvalue weighted by molar-refractivity contribution is 5.66. The topological polar surface area (TPSA) is 98.7 Å². The summed E-state index contributed by atoms with van der Waals surface area (Å²) in [5, 5.41) is 19.7. The lowest BCUT2D eigenvalue weighted by Gasteiger charge is -2.52. The fourth-order valence-corrected chi connectivity index (χ4v) is 5.12. The van der Waals surface area contributed by atoms with E-state index < -0.39 is 133 Å². The monoisotopic (exact) mass is 874 g/mol. The molecule has 0 radical (unpaired) electrons. The van der Waals surface area contributed by atoms with Crippen LogP contribution in [-0.4, -0.2) is 107 Å². The van der Waals surface area contributed by atoms with Crippen molar-refractivity contribution in [3.63, 3.8) is 0 Å². The molecule has 0 bridgehead atoms. The molecule has 0 fully saturated rings. The zero-order chi connectivity index (χ0) is 44.8. The first-order chi connectivity index (χ1) is 23.8. The number of halogens is 24. The molecule has 0 aromatic heterocycles. The molecule has 0 aliphatic heterocycles. The Hall–Kier alpha value is -3.14. The van der Waals surface area contributed by atoms with Crippen LogP contribution in [0.2, 0.25) is 0 Å². The normalized spacial score (nSPS) is 16.1. The Balaban J connectivity index is 8.12. The summed E-state index contributed by atoms with van der Waals surface area (Å²) in [4.78, 5) is 22.3. The summed E-state index contributed by atoms with van der Waals surface area (Å²) in [6.45, 7) is -0.0317. The standard InChI is InChI=1S/C25H26F24N2O4/c1-9(4-5-50-12(52)53)6-14(2,3)15(51-13(54)55,7-16(30,31)20(38,39)24(46,47)22(42,43)18(34,35)10(26)27)8-17(32,33)21(40,41)25(48,49)23(44,45)19(36,37)11(28)29/h9-11,50-51H,4-8H2,1-3H3,(H,52,53)(H,54,55). The third kappa shape index (κ3) is 8.74. The second-order valence-corrected chi connectivity index (χ2v) is 12.8. The van der Waals surface area contributed by atoms with E-state index in [0.717, 1.165) is 6.92 Å². The molecule has 328 valence electrons. The van der Waals surface area contributed by atoms with Gasteiger partial charge in [-0.05, 0) is 24.2 Å². The first-order valence-corrected chi connectivity index (χ1v) is 14.1. The molecule has 1 unspecified atom stereocenters. The van der Waals surface area contributed by atoms with Gasteiger partial charge in [-0.1, -0.05) is 20.8 Å². The molecule has 4 N–H and O–H groups in total. The van der Waals surface area contributed by atoms with Crippen LogP contribution in [0, 0.1) is 11.3 Å². The highest BCUT2D eigenvalue weighted by Gasteiger charge is 2.90. The molecule has 0 aliphatic rings. The van der Waals surface area contributed by atoms with Gasteiger partial charge in [0.15, 0.2) is 0 Å². The predicted octanol–water partition coefficient (Wildman–Crippen LogP) is 10.4. The van der Waals surface area contributed by atoms with Crippen molar-refractivity contribution in [3.8, 4) is 0 Å². The molecule has 0 heterocycles. The van der Waals surface area contributed by atoms with Crippen LogP contribution in [0.4, 0.5) is 115 Å². The van der Waals surface area contributed by atoms with Crippen LogP contribution in [0.5, 0.6) is 0 Å².